The maximum absolute atomic E-state index is 5.63. The van der Waals surface area contributed by atoms with Gasteiger partial charge < -0.3 is 0 Å². The van der Waals surface area contributed by atoms with Crippen molar-refractivity contribution in [3.8, 4) is 11.3 Å². The summed E-state index contributed by atoms with van der Waals surface area (Å²) in [5.74, 6) is 0. The third-order valence-corrected chi connectivity index (χ3v) is 18.1. The molecule has 0 aliphatic carbocycles. The molecule has 0 unspecified atom stereocenters. The highest BCUT2D eigenvalue weighted by Crippen LogP contribution is 2.43. The van der Waals surface area contributed by atoms with Crippen LogP contribution in [0.25, 0.3) is 49.7 Å². The number of nitrogens with zero attached hydrogens (tertiary/aromatic N) is 3. The van der Waals surface area contributed by atoms with Crippen molar-refractivity contribution in [2.75, 3.05) is 0 Å². The van der Waals surface area contributed by atoms with E-state index in [1.54, 1.807) is 0 Å². The van der Waals surface area contributed by atoms with E-state index in [-0.39, 0.29) is 0 Å². The lowest BCUT2D eigenvalue weighted by Gasteiger charge is -2.39. The number of hydrogen-bond acceptors (Lipinski definition) is 1. The Morgan fingerprint density at radius 1 is 0.700 bits per heavy atom. The molecule has 40 heavy (non-hydrogen) atoms. The van der Waals surface area contributed by atoms with Crippen LogP contribution in [0.1, 0.15) is 27.4 Å². The lowest BCUT2D eigenvalue weighted by atomic mass is 9.96. The Morgan fingerprint density at radius 2 is 1.30 bits per heavy atom. The van der Waals surface area contributed by atoms with Crippen molar-refractivity contribution < 1.29 is 4.57 Å². The standard InChI is InChI=1S/C35H42N3Si2/c1-22-15-13-16-23(2)30(22)26-21-24(3)31-33(36-26)32-25(35(39(5,6)7)40(8,9)10)17-14-20-29(32)38-28-19-12-11-18-27(28)37(4)34(31)38/h11-21,35H,1-10H3/q+1. The summed E-state index contributed by atoms with van der Waals surface area (Å²) in [5.41, 5.74) is 13.8. The fraction of sp³-hybridized carbons (Fsp3) is 0.314. The first-order valence-corrected chi connectivity index (χ1v) is 21.7. The van der Waals surface area contributed by atoms with E-state index in [0.717, 1.165) is 11.2 Å². The maximum Gasteiger partial charge on any atom is 0.297 e. The van der Waals surface area contributed by atoms with Crippen LogP contribution < -0.4 is 4.57 Å². The smallest absolute Gasteiger partial charge is 0.247 e. The SMILES string of the molecule is Cc1cccc(C)c1-c1cc(C)c2c(n1)c1c(C([Si](C)(C)C)[Si](C)(C)C)cccc1n1c3ccccc3[n+](C)c21. The Hall–Kier alpha value is -3.29. The molecule has 6 aromatic rings. The molecule has 0 radical (unpaired) electrons. The molecule has 0 saturated heterocycles. The second-order valence-electron chi connectivity index (χ2n) is 13.9. The molecule has 3 heterocycles. The molecule has 3 aromatic heterocycles. The molecular formula is C35H42N3Si2+. The number of imidazole rings is 1. The summed E-state index contributed by atoms with van der Waals surface area (Å²) in [7, 11) is -0.939. The number of fused-ring (bicyclic) bond motifs is 8. The van der Waals surface area contributed by atoms with Gasteiger partial charge >= 0.3 is 0 Å². The average Bonchev–Trinajstić information content (AvgIpc) is 3.15. The molecule has 0 amide bonds. The van der Waals surface area contributed by atoms with E-state index in [1.165, 1.54) is 60.8 Å². The van der Waals surface area contributed by atoms with E-state index in [2.05, 4.69) is 143 Å². The number of rotatable bonds is 4. The molecule has 5 heteroatoms. The Bertz CT molecular complexity index is 1940. The van der Waals surface area contributed by atoms with Crippen LogP contribution in [0.3, 0.4) is 0 Å². The molecule has 0 aliphatic heterocycles. The van der Waals surface area contributed by atoms with Crippen molar-refractivity contribution in [1.82, 2.24) is 9.38 Å². The Labute approximate surface area is 240 Å². The highest BCUT2D eigenvalue weighted by atomic mass is 28.4. The molecule has 0 saturated carbocycles. The fourth-order valence-corrected chi connectivity index (χ4v) is 20.5. The molecule has 204 valence electrons. The number of pyridine rings is 2. The maximum atomic E-state index is 5.63. The van der Waals surface area contributed by atoms with Crippen LogP contribution in [0.5, 0.6) is 0 Å². The summed E-state index contributed by atoms with van der Waals surface area (Å²) in [6, 6.07) is 24.8. The quantitative estimate of drug-likeness (QED) is 0.120. The normalized spacial score (nSPS) is 13.0. The summed E-state index contributed by atoms with van der Waals surface area (Å²) in [4.78, 5) is 5.63. The predicted molar refractivity (Wildman–Crippen MR) is 178 cm³/mol. The van der Waals surface area contributed by atoms with Crippen molar-refractivity contribution >= 4 is 54.6 Å². The van der Waals surface area contributed by atoms with Crippen molar-refractivity contribution in [2.24, 2.45) is 7.05 Å². The van der Waals surface area contributed by atoms with Gasteiger partial charge in [0.05, 0.1) is 29.0 Å². The fourth-order valence-electron chi connectivity index (χ4n) is 7.80. The third kappa shape index (κ3) is 3.97. The van der Waals surface area contributed by atoms with E-state index in [0.29, 0.717) is 5.16 Å². The van der Waals surface area contributed by atoms with Gasteiger partial charge in [-0.05, 0) is 72.5 Å². The van der Waals surface area contributed by atoms with Gasteiger partial charge in [0.1, 0.15) is 5.52 Å². The highest BCUT2D eigenvalue weighted by Gasteiger charge is 2.40. The molecule has 0 N–H and O–H groups in total. The van der Waals surface area contributed by atoms with Crippen molar-refractivity contribution in [3.63, 3.8) is 0 Å². The number of hydrogen-bond donors (Lipinski definition) is 0. The Balaban J connectivity index is 1.92. The zero-order valence-corrected chi connectivity index (χ0v) is 27.8. The molecule has 0 atom stereocenters. The lowest BCUT2D eigenvalue weighted by molar-refractivity contribution is -0.617. The van der Waals surface area contributed by atoms with Gasteiger partial charge in [-0.1, -0.05) is 81.7 Å². The van der Waals surface area contributed by atoms with Crippen LogP contribution in [0.2, 0.25) is 39.3 Å². The van der Waals surface area contributed by atoms with E-state index in [4.69, 9.17) is 4.98 Å². The van der Waals surface area contributed by atoms with Gasteiger partial charge in [-0.3, -0.25) is 0 Å². The minimum absolute atomic E-state index is 0.603. The minimum Gasteiger partial charge on any atom is -0.247 e. The van der Waals surface area contributed by atoms with Crippen LogP contribution in [0, 0.1) is 20.8 Å². The van der Waals surface area contributed by atoms with E-state index < -0.39 is 16.1 Å². The van der Waals surface area contributed by atoms with Gasteiger partial charge in [0.2, 0.25) is 0 Å². The molecule has 0 spiro atoms. The van der Waals surface area contributed by atoms with E-state index in [9.17, 15) is 0 Å². The largest absolute Gasteiger partial charge is 0.297 e. The third-order valence-electron chi connectivity index (χ3n) is 8.79. The minimum atomic E-state index is -1.57. The first kappa shape index (κ1) is 26.9. The van der Waals surface area contributed by atoms with Crippen LogP contribution in [0.15, 0.2) is 66.7 Å². The summed E-state index contributed by atoms with van der Waals surface area (Å²) >= 11 is 0. The molecular weight excluding hydrogens is 519 g/mol. The van der Waals surface area contributed by atoms with Crippen molar-refractivity contribution in [3.05, 3.63) is 89.0 Å². The number of para-hydroxylation sites is 2. The first-order chi connectivity index (χ1) is 18.8. The second kappa shape index (κ2) is 9.11. The molecule has 0 fully saturated rings. The number of aryl methyl sites for hydroxylation is 4. The second-order valence-corrected chi connectivity index (χ2v) is 25.1. The van der Waals surface area contributed by atoms with Gasteiger partial charge in [-0.25, -0.2) is 9.55 Å². The summed E-state index contributed by atoms with van der Waals surface area (Å²) in [6.07, 6.45) is 0. The molecule has 3 aromatic carbocycles. The van der Waals surface area contributed by atoms with Gasteiger partial charge in [-0.15, -0.1) is 0 Å². The molecule has 6 rings (SSSR count). The van der Waals surface area contributed by atoms with E-state index in [1.807, 2.05) is 0 Å². The summed E-state index contributed by atoms with van der Waals surface area (Å²) < 4.78 is 4.88. The monoisotopic (exact) mass is 560 g/mol. The Kier molecular flexibility index (Phi) is 6.13. The van der Waals surface area contributed by atoms with Gasteiger partial charge in [0.15, 0.2) is 11.0 Å². The number of aromatic nitrogens is 3. The van der Waals surface area contributed by atoms with Crippen LogP contribution in [-0.2, 0) is 7.05 Å². The van der Waals surface area contributed by atoms with Crippen LogP contribution >= 0.6 is 0 Å². The lowest BCUT2D eigenvalue weighted by Crippen LogP contribution is -2.46. The van der Waals surface area contributed by atoms with Gasteiger partial charge in [0, 0.05) is 21.7 Å². The van der Waals surface area contributed by atoms with Gasteiger partial charge in [0.25, 0.3) is 5.65 Å². The van der Waals surface area contributed by atoms with Crippen LogP contribution in [-0.4, -0.2) is 25.5 Å². The zero-order valence-electron chi connectivity index (χ0n) is 25.8. The first-order valence-electron chi connectivity index (χ1n) is 14.5. The molecule has 0 bridgehead atoms. The predicted octanol–water partition coefficient (Wildman–Crippen LogP) is 9.05. The summed E-state index contributed by atoms with van der Waals surface area (Å²) in [5, 5.41) is 3.21. The highest BCUT2D eigenvalue weighted by molar-refractivity contribution is 6.96. The molecule has 0 aliphatic rings. The van der Waals surface area contributed by atoms with Gasteiger partial charge in [-0.2, -0.15) is 4.40 Å². The van der Waals surface area contributed by atoms with Crippen molar-refractivity contribution in [1.29, 1.82) is 0 Å². The average molecular weight is 561 g/mol. The Morgan fingerprint density at radius 3 is 1.95 bits per heavy atom. The molecule has 3 nitrogen and oxygen atoms in total. The van der Waals surface area contributed by atoms with Crippen LogP contribution in [0.4, 0.5) is 0 Å². The zero-order chi connectivity index (χ0) is 28.7. The van der Waals surface area contributed by atoms with E-state index >= 15 is 0 Å². The topological polar surface area (TPSA) is 21.2 Å². The number of benzene rings is 3. The summed E-state index contributed by atoms with van der Waals surface area (Å²) in [6.45, 7) is 22.0. The van der Waals surface area contributed by atoms with Crippen molar-refractivity contribution in [2.45, 2.75) is 65.2 Å².